The van der Waals surface area contributed by atoms with Gasteiger partial charge in [0.05, 0.1) is 19.1 Å². The van der Waals surface area contributed by atoms with Gasteiger partial charge in [0.25, 0.3) is 11.8 Å². The van der Waals surface area contributed by atoms with Crippen LogP contribution >= 0.6 is 0 Å². The molecule has 1 aliphatic heterocycles. The summed E-state index contributed by atoms with van der Waals surface area (Å²) >= 11 is 0. The molecule has 2 aromatic carbocycles. The van der Waals surface area contributed by atoms with Crippen LogP contribution in [0, 0.1) is 19.3 Å². The average molecular weight is 482 g/mol. The van der Waals surface area contributed by atoms with Gasteiger partial charge in [-0.3, -0.25) is 14.4 Å². The lowest BCUT2D eigenvalue weighted by atomic mass is 9.98. The van der Waals surface area contributed by atoms with E-state index in [1.165, 1.54) is 18.2 Å². The number of benzene rings is 2. The molecule has 8 nitrogen and oxygen atoms in total. The van der Waals surface area contributed by atoms with Gasteiger partial charge in [-0.1, -0.05) is 42.3 Å². The number of nitrogens with one attached hydrogen (secondary N) is 2. The van der Waals surface area contributed by atoms with Gasteiger partial charge in [-0.2, -0.15) is 0 Å². The Morgan fingerprint density at radius 1 is 1.20 bits per heavy atom. The number of terminal acetylenes is 1. The van der Waals surface area contributed by atoms with E-state index in [-0.39, 0.29) is 37.2 Å². The smallest absolute Gasteiger partial charge is 0.254 e. The average Bonchev–Trinajstić information content (AvgIpc) is 3.25. The second-order valence-corrected chi connectivity index (χ2v) is 8.43. The standard InChI is InChI=1S/C26H28FN3O5/c1-3-12-28-25(34)21-14-18(27)15-30(21)26(35)23(32)20(13-17-8-5-4-6-9-17)29-24(33)19-10-7-11-22(31)16(19)2/h1,4-11,18,20-21,23,31-32H,12-15H2,2H3,(H,28,34)(H,29,33)/t18-,20-,21-,23-/m0/s1. The third-order valence-corrected chi connectivity index (χ3v) is 6.00. The lowest BCUT2D eigenvalue weighted by Crippen LogP contribution is -2.55. The van der Waals surface area contributed by atoms with Crippen LogP contribution in [0.15, 0.2) is 48.5 Å². The molecule has 184 valence electrons. The summed E-state index contributed by atoms with van der Waals surface area (Å²) in [5, 5.41) is 26.1. The van der Waals surface area contributed by atoms with Gasteiger partial charge in [-0.25, -0.2) is 4.39 Å². The highest BCUT2D eigenvalue weighted by atomic mass is 19.1. The van der Waals surface area contributed by atoms with Gasteiger partial charge in [0.15, 0.2) is 6.10 Å². The molecule has 0 spiro atoms. The predicted molar refractivity (Wildman–Crippen MR) is 127 cm³/mol. The van der Waals surface area contributed by atoms with Crippen LogP contribution in [0.25, 0.3) is 0 Å². The molecule has 4 atom stereocenters. The summed E-state index contributed by atoms with van der Waals surface area (Å²) in [6.07, 6.45) is 1.84. The van der Waals surface area contributed by atoms with Gasteiger partial charge in [0, 0.05) is 17.5 Å². The molecule has 0 radical (unpaired) electrons. The van der Waals surface area contributed by atoms with E-state index in [1.807, 2.05) is 0 Å². The largest absolute Gasteiger partial charge is 0.508 e. The zero-order chi connectivity index (χ0) is 25.5. The molecule has 9 heteroatoms. The summed E-state index contributed by atoms with van der Waals surface area (Å²) in [7, 11) is 0. The number of aromatic hydroxyl groups is 1. The quantitative estimate of drug-likeness (QED) is 0.421. The number of hydrogen-bond donors (Lipinski definition) is 4. The van der Waals surface area contributed by atoms with Crippen LogP contribution in [-0.2, 0) is 16.0 Å². The number of alkyl halides is 1. The van der Waals surface area contributed by atoms with Gasteiger partial charge in [-0.05, 0) is 31.0 Å². The third-order valence-electron chi connectivity index (χ3n) is 6.00. The summed E-state index contributed by atoms with van der Waals surface area (Å²) in [5.41, 5.74) is 1.26. The summed E-state index contributed by atoms with van der Waals surface area (Å²) in [6, 6.07) is 11.2. The molecule has 35 heavy (non-hydrogen) atoms. The van der Waals surface area contributed by atoms with Gasteiger partial charge in [0.2, 0.25) is 5.91 Å². The number of rotatable bonds is 8. The first-order valence-corrected chi connectivity index (χ1v) is 11.2. The summed E-state index contributed by atoms with van der Waals surface area (Å²) in [6.45, 7) is 1.14. The Bertz CT molecular complexity index is 1120. The number of carbonyl (C=O) groups is 3. The second-order valence-electron chi connectivity index (χ2n) is 8.43. The second kappa shape index (κ2) is 11.5. The van der Waals surface area contributed by atoms with E-state index in [4.69, 9.17) is 6.42 Å². The molecular formula is C26H28FN3O5. The fourth-order valence-corrected chi connectivity index (χ4v) is 4.10. The van der Waals surface area contributed by atoms with E-state index in [9.17, 15) is 29.0 Å². The first kappa shape index (κ1) is 25.7. The van der Waals surface area contributed by atoms with Gasteiger partial charge in [0.1, 0.15) is 18.0 Å². The number of amides is 3. The number of halogens is 1. The summed E-state index contributed by atoms with van der Waals surface area (Å²) in [4.78, 5) is 39.7. The molecule has 3 amide bonds. The Morgan fingerprint density at radius 3 is 2.60 bits per heavy atom. The fraction of sp³-hybridized carbons (Fsp3) is 0.346. The molecule has 0 unspecified atom stereocenters. The number of aliphatic hydroxyl groups excluding tert-OH is 1. The first-order valence-electron chi connectivity index (χ1n) is 11.2. The first-order chi connectivity index (χ1) is 16.7. The van der Waals surface area contributed by atoms with Crippen molar-refractivity contribution in [3.05, 3.63) is 65.2 Å². The maximum atomic E-state index is 14.2. The minimum Gasteiger partial charge on any atom is -0.508 e. The molecule has 1 saturated heterocycles. The molecule has 0 aliphatic carbocycles. The van der Waals surface area contributed by atoms with E-state index in [1.54, 1.807) is 37.3 Å². The van der Waals surface area contributed by atoms with Gasteiger partial charge >= 0.3 is 0 Å². The van der Waals surface area contributed by atoms with Crippen molar-refractivity contribution in [2.45, 2.75) is 44.1 Å². The van der Waals surface area contributed by atoms with E-state index in [2.05, 4.69) is 16.6 Å². The normalized spacial score (nSPS) is 18.9. The molecule has 0 bridgehead atoms. The minimum atomic E-state index is -1.76. The van der Waals surface area contributed by atoms with Crippen LogP contribution in [0.1, 0.15) is 27.9 Å². The van der Waals surface area contributed by atoms with E-state index in [0.29, 0.717) is 5.56 Å². The number of phenols is 1. The Labute approximate surface area is 203 Å². The number of nitrogens with zero attached hydrogens (tertiary/aromatic N) is 1. The minimum absolute atomic E-state index is 0.0687. The van der Waals surface area contributed by atoms with Crippen LogP contribution in [0.4, 0.5) is 4.39 Å². The topological polar surface area (TPSA) is 119 Å². The highest BCUT2D eigenvalue weighted by Crippen LogP contribution is 2.24. The molecule has 2 aromatic rings. The Balaban J connectivity index is 1.85. The van der Waals surface area contributed by atoms with Crippen LogP contribution in [0.5, 0.6) is 5.75 Å². The van der Waals surface area contributed by atoms with Gasteiger partial charge in [-0.15, -0.1) is 6.42 Å². The Morgan fingerprint density at radius 2 is 1.91 bits per heavy atom. The van der Waals surface area contributed by atoms with Crippen molar-refractivity contribution in [3.8, 4) is 18.1 Å². The highest BCUT2D eigenvalue weighted by Gasteiger charge is 2.43. The van der Waals surface area contributed by atoms with Crippen LogP contribution in [0.2, 0.25) is 0 Å². The number of phenolic OH excluding ortho intramolecular Hbond substituents is 1. The zero-order valence-electron chi connectivity index (χ0n) is 19.3. The van der Waals surface area contributed by atoms with Crippen LogP contribution in [-0.4, -0.2) is 70.3 Å². The maximum Gasteiger partial charge on any atom is 0.254 e. The summed E-state index contributed by atoms with van der Waals surface area (Å²) < 4.78 is 14.2. The van der Waals surface area contributed by atoms with Crippen molar-refractivity contribution >= 4 is 17.7 Å². The van der Waals surface area contributed by atoms with Crippen molar-refractivity contribution < 1.29 is 29.0 Å². The predicted octanol–water partition coefficient (Wildman–Crippen LogP) is 1.09. The highest BCUT2D eigenvalue weighted by molar-refractivity contribution is 5.97. The molecule has 0 saturated carbocycles. The van der Waals surface area contributed by atoms with E-state index in [0.717, 1.165) is 10.5 Å². The molecule has 1 heterocycles. The zero-order valence-corrected chi connectivity index (χ0v) is 19.3. The Kier molecular flexibility index (Phi) is 8.44. The molecule has 0 aromatic heterocycles. The summed E-state index contributed by atoms with van der Waals surface area (Å²) in [5.74, 6) is 0.0971. The van der Waals surface area contributed by atoms with Gasteiger partial charge < -0.3 is 25.7 Å². The van der Waals surface area contributed by atoms with Crippen molar-refractivity contribution in [1.29, 1.82) is 0 Å². The molecule has 3 rings (SSSR count). The lowest BCUT2D eigenvalue weighted by Gasteiger charge is -2.30. The monoisotopic (exact) mass is 481 g/mol. The van der Waals surface area contributed by atoms with E-state index >= 15 is 0 Å². The van der Waals surface area contributed by atoms with Crippen molar-refractivity contribution in [1.82, 2.24) is 15.5 Å². The number of hydrogen-bond acceptors (Lipinski definition) is 5. The molecule has 4 N–H and O–H groups in total. The van der Waals surface area contributed by atoms with Crippen LogP contribution in [0.3, 0.4) is 0 Å². The maximum absolute atomic E-state index is 14.2. The van der Waals surface area contributed by atoms with Crippen molar-refractivity contribution in [2.24, 2.45) is 0 Å². The van der Waals surface area contributed by atoms with Crippen molar-refractivity contribution in [2.75, 3.05) is 13.1 Å². The number of likely N-dealkylation sites (tertiary alicyclic amines) is 1. The molecular weight excluding hydrogens is 453 g/mol. The number of aliphatic hydroxyl groups is 1. The Hall–Kier alpha value is -3.90. The lowest BCUT2D eigenvalue weighted by molar-refractivity contribution is -0.146. The third kappa shape index (κ3) is 6.16. The fourth-order valence-electron chi connectivity index (χ4n) is 4.10. The SMILES string of the molecule is C#CCNC(=O)[C@@H]1C[C@H](F)CN1C(=O)[C@@H](O)[C@H](Cc1ccccc1)NC(=O)c1cccc(O)c1C. The van der Waals surface area contributed by atoms with E-state index < -0.39 is 42.1 Å². The van der Waals surface area contributed by atoms with Crippen LogP contribution < -0.4 is 10.6 Å². The van der Waals surface area contributed by atoms with Crippen molar-refractivity contribution in [3.63, 3.8) is 0 Å². The molecule has 1 aliphatic rings. The number of carbonyl (C=O) groups excluding carboxylic acids is 3. The molecule has 1 fully saturated rings.